The van der Waals surface area contributed by atoms with E-state index in [4.69, 9.17) is 10.2 Å². The molecule has 0 radical (unpaired) electrons. The third-order valence-corrected chi connectivity index (χ3v) is 2.12. The first-order valence-electron chi connectivity index (χ1n) is 4.18. The first-order valence-corrected chi connectivity index (χ1v) is 4.18. The van der Waals surface area contributed by atoms with Crippen molar-refractivity contribution in [2.24, 2.45) is 0 Å². The summed E-state index contributed by atoms with van der Waals surface area (Å²) in [4.78, 5) is 24.1. The molecule has 76 valence electrons. The van der Waals surface area contributed by atoms with Crippen LogP contribution in [0.4, 0.5) is 0 Å². The molecule has 0 saturated carbocycles. The molecule has 0 aliphatic heterocycles. The Morgan fingerprint density at radius 2 is 1.87 bits per heavy atom. The summed E-state index contributed by atoms with van der Waals surface area (Å²) in [5.74, 6) is -2.18. The number of carboxylic acid groups (broad SMARTS) is 2. The van der Waals surface area contributed by atoms with Crippen LogP contribution in [0.5, 0.6) is 0 Å². The molecule has 0 atom stereocenters. The van der Waals surface area contributed by atoms with Gasteiger partial charge in [0.25, 0.3) is 0 Å². The molecule has 0 amide bonds. The fraction of sp³-hybridized carbons (Fsp3) is 0. The standard InChI is InChI=1S/C10H7NO4/c12-9(13)5-2-1-3-7-6(5)4-8(11-7)10(14)15/h1-4,11H,(H,12,13)(H,14,15). The molecule has 0 spiro atoms. The maximum Gasteiger partial charge on any atom is 0.352 e. The van der Waals surface area contributed by atoms with E-state index in [2.05, 4.69) is 4.98 Å². The third kappa shape index (κ3) is 1.43. The largest absolute Gasteiger partial charge is 0.478 e. The van der Waals surface area contributed by atoms with Gasteiger partial charge in [0.05, 0.1) is 5.56 Å². The average molecular weight is 205 g/mol. The molecular formula is C10H7NO4. The Morgan fingerprint density at radius 1 is 1.13 bits per heavy atom. The predicted molar refractivity (Wildman–Crippen MR) is 52.2 cm³/mol. The van der Waals surface area contributed by atoms with Crippen molar-refractivity contribution >= 4 is 22.8 Å². The van der Waals surface area contributed by atoms with E-state index in [0.29, 0.717) is 10.9 Å². The molecular weight excluding hydrogens is 198 g/mol. The number of carbonyl (C=O) groups is 2. The molecule has 0 bridgehead atoms. The summed E-state index contributed by atoms with van der Waals surface area (Å²) < 4.78 is 0. The van der Waals surface area contributed by atoms with E-state index in [1.165, 1.54) is 12.1 Å². The molecule has 1 heterocycles. The van der Waals surface area contributed by atoms with Crippen molar-refractivity contribution in [3.05, 3.63) is 35.5 Å². The second-order valence-electron chi connectivity index (χ2n) is 3.06. The summed E-state index contributed by atoms with van der Waals surface area (Å²) in [6, 6.07) is 5.95. The lowest BCUT2D eigenvalue weighted by molar-refractivity contribution is 0.0682. The van der Waals surface area contributed by atoms with Crippen LogP contribution in [0.1, 0.15) is 20.8 Å². The van der Waals surface area contributed by atoms with Crippen LogP contribution < -0.4 is 0 Å². The number of nitrogens with one attached hydrogen (secondary N) is 1. The lowest BCUT2D eigenvalue weighted by atomic mass is 10.1. The van der Waals surface area contributed by atoms with Gasteiger partial charge in [0, 0.05) is 10.9 Å². The summed E-state index contributed by atoms with van der Waals surface area (Å²) >= 11 is 0. The quantitative estimate of drug-likeness (QED) is 0.693. The van der Waals surface area contributed by atoms with Gasteiger partial charge in [0.15, 0.2) is 0 Å². The van der Waals surface area contributed by atoms with E-state index in [1.54, 1.807) is 12.1 Å². The highest BCUT2D eigenvalue weighted by Crippen LogP contribution is 2.19. The molecule has 5 nitrogen and oxygen atoms in total. The Hall–Kier alpha value is -2.30. The van der Waals surface area contributed by atoms with Gasteiger partial charge in [-0.1, -0.05) is 6.07 Å². The minimum absolute atomic E-state index is 0.0151. The highest BCUT2D eigenvalue weighted by molar-refractivity contribution is 6.05. The Kier molecular flexibility index (Phi) is 1.93. The second kappa shape index (κ2) is 3.13. The zero-order valence-electron chi connectivity index (χ0n) is 7.52. The molecule has 0 fully saturated rings. The van der Waals surface area contributed by atoms with E-state index in [-0.39, 0.29) is 11.3 Å². The van der Waals surface area contributed by atoms with Crippen molar-refractivity contribution in [2.45, 2.75) is 0 Å². The summed E-state index contributed by atoms with van der Waals surface area (Å²) in [6.07, 6.45) is 0. The molecule has 1 aromatic carbocycles. The van der Waals surface area contributed by atoms with Gasteiger partial charge in [-0.15, -0.1) is 0 Å². The minimum atomic E-state index is -1.11. The van der Waals surface area contributed by atoms with Crippen molar-refractivity contribution in [3.63, 3.8) is 0 Å². The molecule has 0 saturated heterocycles. The molecule has 3 N–H and O–H groups in total. The maximum atomic E-state index is 10.8. The first-order chi connectivity index (χ1) is 7.09. The molecule has 5 heteroatoms. The fourth-order valence-corrected chi connectivity index (χ4v) is 1.46. The normalized spacial score (nSPS) is 10.4. The van der Waals surface area contributed by atoms with Gasteiger partial charge in [-0.05, 0) is 18.2 Å². The van der Waals surface area contributed by atoms with Gasteiger partial charge in [-0.25, -0.2) is 9.59 Å². The van der Waals surface area contributed by atoms with Crippen LogP contribution >= 0.6 is 0 Å². The lowest BCUT2D eigenvalue weighted by Gasteiger charge is -1.94. The predicted octanol–water partition coefficient (Wildman–Crippen LogP) is 1.56. The second-order valence-corrected chi connectivity index (χ2v) is 3.06. The highest BCUT2D eigenvalue weighted by Gasteiger charge is 2.13. The number of benzene rings is 1. The van der Waals surface area contributed by atoms with E-state index < -0.39 is 11.9 Å². The Morgan fingerprint density at radius 3 is 2.47 bits per heavy atom. The van der Waals surface area contributed by atoms with Gasteiger partial charge in [-0.3, -0.25) is 0 Å². The lowest BCUT2D eigenvalue weighted by Crippen LogP contribution is -1.96. The van der Waals surface area contributed by atoms with Crippen LogP contribution in [0.2, 0.25) is 0 Å². The van der Waals surface area contributed by atoms with Crippen molar-refractivity contribution in [3.8, 4) is 0 Å². The van der Waals surface area contributed by atoms with Gasteiger partial charge >= 0.3 is 11.9 Å². The Bertz CT molecular complexity index is 556. The summed E-state index contributed by atoms with van der Waals surface area (Å²) in [5, 5.41) is 18.0. The maximum absolute atomic E-state index is 10.8. The topological polar surface area (TPSA) is 90.4 Å². The number of rotatable bonds is 2. The van der Waals surface area contributed by atoms with Gasteiger partial charge in [-0.2, -0.15) is 0 Å². The summed E-state index contributed by atoms with van der Waals surface area (Å²) in [7, 11) is 0. The number of carboxylic acids is 2. The smallest absolute Gasteiger partial charge is 0.352 e. The number of aromatic amines is 1. The summed E-state index contributed by atoms with van der Waals surface area (Å²) in [5.41, 5.74) is 0.585. The van der Waals surface area contributed by atoms with Crippen LogP contribution in [0.15, 0.2) is 24.3 Å². The molecule has 1 aromatic heterocycles. The average Bonchev–Trinajstić information content (AvgIpc) is 2.60. The van der Waals surface area contributed by atoms with Crippen LogP contribution in [-0.4, -0.2) is 27.1 Å². The van der Waals surface area contributed by atoms with E-state index in [9.17, 15) is 9.59 Å². The Balaban J connectivity index is 2.75. The van der Waals surface area contributed by atoms with Gasteiger partial charge in [0.2, 0.25) is 0 Å². The first kappa shape index (κ1) is 9.26. The molecule has 0 aliphatic rings. The molecule has 0 aliphatic carbocycles. The van der Waals surface area contributed by atoms with Gasteiger partial charge in [0.1, 0.15) is 5.69 Å². The monoisotopic (exact) mass is 205 g/mol. The SMILES string of the molecule is O=C(O)c1cc2c(C(=O)O)cccc2[nH]1. The summed E-state index contributed by atoms with van der Waals surface area (Å²) in [6.45, 7) is 0. The number of hydrogen-bond acceptors (Lipinski definition) is 2. The minimum Gasteiger partial charge on any atom is -0.478 e. The van der Waals surface area contributed by atoms with Crippen molar-refractivity contribution in [1.82, 2.24) is 4.98 Å². The van der Waals surface area contributed by atoms with E-state index in [0.717, 1.165) is 0 Å². The highest BCUT2D eigenvalue weighted by atomic mass is 16.4. The molecule has 15 heavy (non-hydrogen) atoms. The van der Waals surface area contributed by atoms with Gasteiger partial charge < -0.3 is 15.2 Å². The van der Waals surface area contributed by atoms with Crippen LogP contribution in [-0.2, 0) is 0 Å². The molecule has 2 aromatic rings. The number of fused-ring (bicyclic) bond motifs is 1. The number of H-pyrrole nitrogens is 1. The fourth-order valence-electron chi connectivity index (χ4n) is 1.46. The zero-order chi connectivity index (χ0) is 11.0. The number of hydrogen-bond donors (Lipinski definition) is 3. The van der Waals surface area contributed by atoms with Crippen LogP contribution in [0.3, 0.4) is 0 Å². The molecule has 0 unspecified atom stereocenters. The number of aromatic nitrogens is 1. The van der Waals surface area contributed by atoms with Crippen LogP contribution in [0, 0.1) is 0 Å². The van der Waals surface area contributed by atoms with E-state index >= 15 is 0 Å². The van der Waals surface area contributed by atoms with Crippen LogP contribution in [0.25, 0.3) is 10.9 Å². The van der Waals surface area contributed by atoms with E-state index in [1.807, 2.05) is 0 Å². The zero-order valence-corrected chi connectivity index (χ0v) is 7.52. The third-order valence-electron chi connectivity index (χ3n) is 2.12. The Labute approximate surface area is 84.0 Å². The number of aromatic carboxylic acids is 2. The van der Waals surface area contributed by atoms with Crippen molar-refractivity contribution in [2.75, 3.05) is 0 Å². The van der Waals surface area contributed by atoms with Crippen molar-refractivity contribution < 1.29 is 19.8 Å². The molecule has 2 rings (SSSR count). The van der Waals surface area contributed by atoms with Crippen molar-refractivity contribution in [1.29, 1.82) is 0 Å².